The van der Waals surface area contributed by atoms with E-state index in [2.05, 4.69) is 4.98 Å². The second-order valence-electron chi connectivity index (χ2n) is 5.02. The molecule has 0 spiro atoms. The number of urea groups is 1. The third-order valence-corrected chi connectivity index (χ3v) is 5.66. The molecule has 2 aromatic rings. The molecule has 0 radical (unpaired) electrons. The summed E-state index contributed by atoms with van der Waals surface area (Å²) in [6.45, 7) is 7.79. The van der Waals surface area contributed by atoms with E-state index in [1.54, 1.807) is 11.5 Å². The van der Waals surface area contributed by atoms with Crippen molar-refractivity contribution in [1.82, 2.24) is 14.9 Å². The summed E-state index contributed by atoms with van der Waals surface area (Å²) >= 11 is 2.59. The van der Waals surface area contributed by atoms with Gasteiger partial charge in [0.1, 0.15) is 4.83 Å². The number of amides is 3. The number of aromatic nitrogens is 2. The minimum absolute atomic E-state index is 0.107. The number of nitrogens with one attached hydrogen (secondary N) is 1. The van der Waals surface area contributed by atoms with Gasteiger partial charge < -0.3 is 5.73 Å². The number of carbonyl (C=O) groups excluding carboxylic acids is 2. The minimum Gasteiger partial charge on any atom is -0.351 e. The molecule has 1 atom stereocenters. The Labute approximate surface area is 141 Å². The van der Waals surface area contributed by atoms with E-state index in [1.165, 1.54) is 11.3 Å². The number of imide groups is 1. The predicted octanol–water partition coefficient (Wildman–Crippen LogP) is 1.77. The number of carbonyl (C=O) groups is 2. The van der Waals surface area contributed by atoms with E-state index in [1.807, 2.05) is 26.1 Å². The molecule has 2 heterocycles. The lowest BCUT2D eigenvalue weighted by Crippen LogP contribution is -2.39. The zero-order valence-corrected chi connectivity index (χ0v) is 14.9. The molecule has 23 heavy (non-hydrogen) atoms. The molecular weight excluding hydrogens is 336 g/mol. The average molecular weight is 354 g/mol. The van der Waals surface area contributed by atoms with Crippen molar-refractivity contribution in [2.24, 2.45) is 5.73 Å². The Hall–Kier alpha value is -1.87. The zero-order valence-electron chi connectivity index (χ0n) is 13.3. The molecule has 0 saturated heterocycles. The van der Waals surface area contributed by atoms with E-state index in [-0.39, 0.29) is 5.56 Å². The van der Waals surface area contributed by atoms with E-state index in [0.29, 0.717) is 21.9 Å². The smallest absolute Gasteiger partial charge is 0.318 e. The molecule has 2 rings (SSSR count). The molecule has 0 aliphatic heterocycles. The molecule has 0 unspecified atom stereocenters. The van der Waals surface area contributed by atoms with Gasteiger partial charge in [0.25, 0.3) is 5.56 Å². The number of nitrogens with zero attached hydrogens (tertiary/aromatic N) is 2. The topological polar surface area (TPSA) is 107 Å². The number of thiophene rings is 1. The fourth-order valence-electron chi connectivity index (χ4n) is 2.11. The highest BCUT2D eigenvalue weighted by Gasteiger charge is 2.21. The van der Waals surface area contributed by atoms with Crippen molar-refractivity contribution in [3.05, 3.63) is 20.8 Å². The van der Waals surface area contributed by atoms with Gasteiger partial charge in [-0.25, -0.2) is 9.78 Å². The van der Waals surface area contributed by atoms with Crippen LogP contribution in [-0.4, -0.2) is 26.7 Å². The van der Waals surface area contributed by atoms with Gasteiger partial charge >= 0.3 is 6.03 Å². The quantitative estimate of drug-likeness (QED) is 0.643. The van der Waals surface area contributed by atoms with Gasteiger partial charge in [0.05, 0.1) is 10.6 Å². The fourth-order valence-corrected chi connectivity index (χ4v) is 4.16. The van der Waals surface area contributed by atoms with E-state index in [0.717, 1.165) is 22.2 Å². The molecule has 9 heteroatoms. The van der Waals surface area contributed by atoms with Crippen molar-refractivity contribution in [3.63, 3.8) is 0 Å². The van der Waals surface area contributed by atoms with Crippen LogP contribution in [0.1, 0.15) is 24.3 Å². The second-order valence-corrected chi connectivity index (χ2v) is 7.53. The fraction of sp³-hybridized carbons (Fsp3) is 0.429. The molecule has 0 fully saturated rings. The predicted molar refractivity (Wildman–Crippen MR) is 92.1 cm³/mol. The molecule has 0 aromatic carbocycles. The first-order valence-corrected chi connectivity index (χ1v) is 8.73. The van der Waals surface area contributed by atoms with Crippen LogP contribution in [0.25, 0.3) is 10.2 Å². The van der Waals surface area contributed by atoms with Crippen LogP contribution in [0.4, 0.5) is 4.79 Å². The highest BCUT2D eigenvalue weighted by atomic mass is 32.2. The van der Waals surface area contributed by atoms with Crippen molar-refractivity contribution in [1.29, 1.82) is 0 Å². The van der Waals surface area contributed by atoms with Crippen LogP contribution in [0.15, 0.2) is 9.95 Å². The molecule has 3 N–H and O–H groups in total. The van der Waals surface area contributed by atoms with Gasteiger partial charge in [0, 0.05) is 11.4 Å². The molecule has 3 amide bonds. The summed E-state index contributed by atoms with van der Waals surface area (Å²) in [6.07, 6.45) is 0. The van der Waals surface area contributed by atoms with Gasteiger partial charge in [0.15, 0.2) is 5.16 Å². The Balaban J connectivity index is 2.46. The summed E-state index contributed by atoms with van der Waals surface area (Å²) in [4.78, 5) is 41.5. The summed E-state index contributed by atoms with van der Waals surface area (Å²) < 4.78 is 1.54. The number of hydrogen-bond acceptors (Lipinski definition) is 6. The first-order valence-electron chi connectivity index (χ1n) is 7.03. The van der Waals surface area contributed by atoms with Gasteiger partial charge in [-0.2, -0.15) is 0 Å². The molecule has 0 bridgehead atoms. The summed E-state index contributed by atoms with van der Waals surface area (Å²) in [6, 6.07) is -0.900. The maximum atomic E-state index is 12.7. The van der Waals surface area contributed by atoms with Crippen LogP contribution < -0.4 is 16.6 Å². The van der Waals surface area contributed by atoms with E-state index >= 15 is 0 Å². The van der Waals surface area contributed by atoms with Crippen LogP contribution in [0.5, 0.6) is 0 Å². The van der Waals surface area contributed by atoms with Gasteiger partial charge in [-0.3, -0.25) is 19.5 Å². The Morgan fingerprint density at radius 1 is 1.43 bits per heavy atom. The lowest BCUT2D eigenvalue weighted by atomic mass is 10.2. The molecule has 0 aliphatic rings. The Kier molecular flexibility index (Phi) is 5.10. The minimum atomic E-state index is -0.900. The lowest BCUT2D eigenvalue weighted by molar-refractivity contribution is -0.119. The number of primary amides is 1. The number of aryl methyl sites for hydroxylation is 2. The summed E-state index contributed by atoms with van der Waals surface area (Å²) in [7, 11) is 0. The molecule has 2 aromatic heterocycles. The average Bonchev–Trinajstić information content (AvgIpc) is 2.73. The normalized spacial score (nSPS) is 12.3. The van der Waals surface area contributed by atoms with Crippen molar-refractivity contribution >= 4 is 45.3 Å². The maximum Gasteiger partial charge on any atom is 0.318 e. The number of fused-ring (bicyclic) bond motifs is 1. The number of rotatable bonds is 4. The second kappa shape index (κ2) is 6.71. The molecule has 7 nitrogen and oxygen atoms in total. The van der Waals surface area contributed by atoms with Crippen molar-refractivity contribution in [2.45, 2.75) is 44.6 Å². The largest absolute Gasteiger partial charge is 0.351 e. The summed E-state index contributed by atoms with van der Waals surface area (Å²) in [5.41, 5.74) is 5.79. The SMILES string of the molecule is CCn1c(S[C@@H](C)C(=O)NC(N)=O)nc2sc(C)c(C)c2c1=O. The lowest BCUT2D eigenvalue weighted by Gasteiger charge is -2.13. The number of thioether (sulfide) groups is 1. The molecule has 0 aliphatic carbocycles. The van der Waals surface area contributed by atoms with Crippen LogP contribution in [-0.2, 0) is 11.3 Å². The maximum absolute atomic E-state index is 12.7. The Morgan fingerprint density at radius 2 is 2.09 bits per heavy atom. The third-order valence-electron chi connectivity index (χ3n) is 3.47. The highest BCUT2D eigenvalue weighted by Crippen LogP contribution is 2.29. The van der Waals surface area contributed by atoms with Crippen molar-refractivity contribution in [3.8, 4) is 0 Å². The van der Waals surface area contributed by atoms with E-state index in [4.69, 9.17) is 5.73 Å². The van der Waals surface area contributed by atoms with Crippen molar-refractivity contribution in [2.75, 3.05) is 0 Å². The van der Waals surface area contributed by atoms with Gasteiger partial charge in [0.2, 0.25) is 5.91 Å². The Bertz CT molecular complexity index is 841. The van der Waals surface area contributed by atoms with Gasteiger partial charge in [-0.15, -0.1) is 11.3 Å². The standard InChI is InChI=1S/C14H18N4O3S2/c1-5-18-12(20)9-6(2)7(3)22-11(9)17-14(18)23-8(4)10(19)16-13(15)21/h8H,5H2,1-4H3,(H3,15,16,19,21)/t8-/m0/s1. The van der Waals surface area contributed by atoms with Gasteiger partial charge in [-0.05, 0) is 33.3 Å². The highest BCUT2D eigenvalue weighted by molar-refractivity contribution is 8.00. The first-order chi connectivity index (χ1) is 10.8. The van der Waals surface area contributed by atoms with Crippen LogP contribution in [0.2, 0.25) is 0 Å². The van der Waals surface area contributed by atoms with E-state index in [9.17, 15) is 14.4 Å². The number of hydrogen-bond donors (Lipinski definition) is 2. The monoisotopic (exact) mass is 354 g/mol. The summed E-state index contributed by atoms with van der Waals surface area (Å²) in [5, 5.41) is 2.52. The van der Waals surface area contributed by atoms with Crippen LogP contribution >= 0.6 is 23.1 Å². The first kappa shape index (κ1) is 17.5. The van der Waals surface area contributed by atoms with Crippen LogP contribution in [0, 0.1) is 13.8 Å². The molecular formula is C14H18N4O3S2. The number of nitrogens with two attached hydrogens (primary N) is 1. The van der Waals surface area contributed by atoms with Crippen molar-refractivity contribution < 1.29 is 9.59 Å². The molecule has 124 valence electrons. The zero-order chi connectivity index (χ0) is 17.3. The Morgan fingerprint density at radius 3 is 2.65 bits per heavy atom. The van der Waals surface area contributed by atoms with Gasteiger partial charge in [-0.1, -0.05) is 11.8 Å². The molecule has 0 saturated carbocycles. The van der Waals surface area contributed by atoms with Crippen LogP contribution in [0.3, 0.4) is 0 Å². The van der Waals surface area contributed by atoms with E-state index < -0.39 is 17.2 Å². The summed E-state index contributed by atoms with van der Waals surface area (Å²) in [5.74, 6) is -0.516. The third kappa shape index (κ3) is 3.40.